The van der Waals surface area contributed by atoms with Crippen LogP contribution in [0.2, 0.25) is 0 Å². The van der Waals surface area contributed by atoms with Gasteiger partial charge in [-0.1, -0.05) is 6.58 Å². The van der Waals surface area contributed by atoms with E-state index in [0.717, 1.165) is 24.9 Å². The predicted octanol–water partition coefficient (Wildman–Crippen LogP) is 2.05. The lowest BCUT2D eigenvalue weighted by Crippen LogP contribution is -2.47. The maximum absolute atomic E-state index is 11.9. The number of hydrogen-bond acceptors (Lipinski definition) is 8. The van der Waals surface area contributed by atoms with E-state index in [-0.39, 0.29) is 23.5 Å². The molecule has 10 heteroatoms. The fourth-order valence-corrected chi connectivity index (χ4v) is 3.65. The maximum atomic E-state index is 11.9. The van der Waals surface area contributed by atoms with Crippen molar-refractivity contribution >= 4 is 29.1 Å². The van der Waals surface area contributed by atoms with E-state index in [1.807, 2.05) is 29.2 Å². The molecule has 33 heavy (non-hydrogen) atoms. The molecule has 1 fully saturated rings. The third-order valence-corrected chi connectivity index (χ3v) is 5.24. The molecule has 0 aliphatic carbocycles. The average Bonchev–Trinajstić information content (AvgIpc) is 2.85. The number of hydrogen-bond donors (Lipinski definition) is 3. The second kappa shape index (κ2) is 9.86. The summed E-state index contributed by atoms with van der Waals surface area (Å²) in [6.07, 6.45) is 7.90. The number of aromatic nitrogens is 4. The first kappa shape index (κ1) is 21.9. The molecule has 2 aromatic heterocycles. The van der Waals surface area contributed by atoms with Gasteiger partial charge in [0, 0.05) is 42.8 Å². The number of nitrogens with two attached hydrogens (primary N) is 1. The third-order valence-electron chi connectivity index (χ3n) is 5.24. The first-order chi connectivity index (χ1) is 16.0. The number of benzene rings is 1. The molecule has 4 N–H and O–H groups in total. The molecule has 1 saturated heterocycles. The molecule has 4 rings (SSSR count). The van der Waals surface area contributed by atoms with E-state index >= 15 is 0 Å². The van der Waals surface area contributed by atoms with E-state index in [1.54, 1.807) is 18.5 Å². The molecule has 168 valence electrons. The molecule has 10 nitrogen and oxygen atoms in total. The molecule has 0 radical (unpaired) electrons. The van der Waals surface area contributed by atoms with Crippen molar-refractivity contribution in [3.8, 4) is 11.4 Å². The third kappa shape index (κ3) is 5.29. The summed E-state index contributed by atoms with van der Waals surface area (Å²) in [7, 11) is 0. The van der Waals surface area contributed by atoms with Gasteiger partial charge < -0.3 is 21.3 Å². The van der Waals surface area contributed by atoms with E-state index in [9.17, 15) is 9.59 Å². The van der Waals surface area contributed by atoms with Crippen molar-refractivity contribution in [2.75, 3.05) is 23.3 Å². The quantitative estimate of drug-likeness (QED) is 0.471. The topological polar surface area (TPSA) is 139 Å². The van der Waals surface area contributed by atoms with Crippen LogP contribution in [0, 0.1) is 0 Å². The minimum atomic E-state index is -0.680. The highest BCUT2D eigenvalue weighted by Gasteiger charge is 2.23. The molecule has 3 aromatic rings. The fraction of sp³-hybridized carbons (Fsp3) is 0.217. The maximum Gasteiger partial charge on any atom is 0.271 e. The number of carbonyl (C=O) groups excluding carboxylic acids is 2. The second-order valence-corrected chi connectivity index (χ2v) is 7.56. The number of primary amides is 1. The number of piperidine rings is 1. The SMILES string of the molecule is C=CC(=O)N[C@H]1CCCN(c2cnc(C(N)=O)c(Nc3ccc(-c4ncccn4)cc3)n2)C1. The summed E-state index contributed by atoms with van der Waals surface area (Å²) < 4.78 is 0. The molecule has 0 bridgehead atoms. The average molecular weight is 444 g/mol. The zero-order valence-electron chi connectivity index (χ0n) is 17.9. The standard InChI is InChI=1S/C23H24N8O2/c1-2-19(32)28-17-5-3-12-31(14-17)18-13-27-20(21(24)33)23(30-18)29-16-8-6-15(7-9-16)22-25-10-4-11-26-22/h2,4,6-11,13,17H,1,3,5,12,14H2,(H2,24,33)(H,28,32)(H,29,30)/t17-/m0/s1. The van der Waals surface area contributed by atoms with E-state index in [0.29, 0.717) is 23.9 Å². The van der Waals surface area contributed by atoms with Crippen LogP contribution in [0.3, 0.4) is 0 Å². The summed E-state index contributed by atoms with van der Waals surface area (Å²) in [5, 5.41) is 6.06. The minimum Gasteiger partial charge on any atom is -0.364 e. The first-order valence-electron chi connectivity index (χ1n) is 10.5. The molecule has 0 spiro atoms. The number of amides is 2. The molecule has 1 aliphatic heterocycles. The summed E-state index contributed by atoms with van der Waals surface area (Å²) in [6, 6.07) is 9.16. The smallest absolute Gasteiger partial charge is 0.271 e. The van der Waals surface area contributed by atoms with Crippen molar-refractivity contribution in [3.63, 3.8) is 0 Å². The first-order valence-corrected chi connectivity index (χ1v) is 10.5. The summed E-state index contributed by atoms with van der Waals surface area (Å²) in [4.78, 5) is 43.0. The predicted molar refractivity (Wildman–Crippen MR) is 125 cm³/mol. The monoisotopic (exact) mass is 444 g/mol. The summed E-state index contributed by atoms with van der Waals surface area (Å²) in [5.41, 5.74) is 7.13. The van der Waals surface area contributed by atoms with Gasteiger partial charge in [-0.05, 0) is 49.2 Å². The highest BCUT2D eigenvalue weighted by molar-refractivity contribution is 5.96. The molecule has 1 aliphatic rings. The highest BCUT2D eigenvalue weighted by atomic mass is 16.2. The van der Waals surface area contributed by atoms with Crippen LogP contribution in [0.1, 0.15) is 23.3 Å². The lowest BCUT2D eigenvalue weighted by atomic mass is 10.1. The zero-order valence-corrected chi connectivity index (χ0v) is 17.9. The molecule has 2 amide bonds. The Morgan fingerprint density at radius 3 is 2.61 bits per heavy atom. The van der Waals surface area contributed by atoms with Gasteiger partial charge in [-0.3, -0.25) is 9.59 Å². The van der Waals surface area contributed by atoms with Gasteiger partial charge in [0.25, 0.3) is 5.91 Å². The van der Waals surface area contributed by atoms with Crippen LogP contribution in [-0.4, -0.2) is 50.9 Å². The van der Waals surface area contributed by atoms with Gasteiger partial charge in [0.15, 0.2) is 17.3 Å². The number of rotatable bonds is 7. The Morgan fingerprint density at radius 2 is 1.91 bits per heavy atom. The number of nitrogens with one attached hydrogen (secondary N) is 2. The molecule has 1 aromatic carbocycles. The van der Waals surface area contributed by atoms with Crippen LogP contribution in [-0.2, 0) is 4.79 Å². The van der Waals surface area contributed by atoms with Crippen LogP contribution in [0.5, 0.6) is 0 Å². The van der Waals surface area contributed by atoms with Crippen LogP contribution in [0.15, 0.2) is 61.6 Å². The van der Waals surface area contributed by atoms with Gasteiger partial charge in [-0.15, -0.1) is 0 Å². The Balaban J connectivity index is 1.55. The van der Waals surface area contributed by atoms with Crippen molar-refractivity contribution in [2.24, 2.45) is 5.73 Å². The van der Waals surface area contributed by atoms with Crippen LogP contribution in [0.25, 0.3) is 11.4 Å². The fourth-order valence-electron chi connectivity index (χ4n) is 3.65. The summed E-state index contributed by atoms with van der Waals surface area (Å²) in [6.45, 7) is 4.84. The van der Waals surface area contributed by atoms with Gasteiger partial charge in [0.05, 0.1) is 6.20 Å². The summed E-state index contributed by atoms with van der Waals surface area (Å²) in [5.74, 6) is 0.589. The van der Waals surface area contributed by atoms with Crippen LogP contribution >= 0.6 is 0 Å². The number of nitrogens with zero attached hydrogens (tertiary/aromatic N) is 5. The Kier molecular flexibility index (Phi) is 6.53. The van der Waals surface area contributed by atoms with Crippen molar-refractivity contribution < 1.29 is 9.59 Å². The minimum absolute atomic E-state index is 0.0222. The molecule has 0 saturated carbocycles. The Labute approximate surface area is 191 Å². The number of anilines is 3. The highest BCUT2D eigenvalue weighted by Crippen LogP contribution is 2.25. The summed E-state index contributed by atoms with van der Waals surface area (Å²) >= 11 is 0. The van der Waals surface area contributed by atoms with E-state index in [4.69, 9.17) is 5.73 Å². The number of carbonyl (C=O) groups is 2. The Hall–Kier alpha value is -4.34. The normalized spacial score (nSPS) is 15.5. The van der Waals surface area contributed by atoms with Gasteiger partial charge in [0.1, 0.15) is 5.82 Å². The lowest BCUT2D eigenvalue weighted by Gasteiger charge is -2.33. The van der Waals surface area contributed by atoms with Gasteiger partial charge in [-0.25, -0.2) is 19.9 Å². The molecular formula is C23H24N8O2. The van der Waals surface area contributed by atoms with Crippen LogP contribution < -0.4 is 21.3 Å². The van der Waals surface area contributed by atoms with Crippen molar-refractivity contribution in [3.05, 3.63) is 67.3 Å². The Morgan fingerprint density at radius 1 is 1.15 bits per heavy atom. The molecular weight excluding hydrogens is 420 g/mol. The largest absolute Gasteiger partial charge is 0.364 e. The zero-order chi connectivity index (χ0) is 23.2. The lowest BCUT2D eigenvalue weighted by molar-refractivity contribution is -0.117. The van der Waals surface area contributed by atoms with Crippen LogP contribution in [0.4, 0.5) is 17.3 Å². The van der Waals surface area contributed by atoms with E-state index in [2.05, 4.69) is 37.1 Å². The van der Waals surface area contributed by atoms with Gasteiger partial charge in [-0.2, -0.15) is 0 Å². The van der Waals surface area contributed by atoms with Gasteiger partial charge >= 0.3 is 0 Å². The molecule has 1 atom stereocenters. The molecule has 0 unspecified atom stereocenters. The Bertz CT molecular complexity index is 1150. The van der Waals surface area contributed by atoms with E-state index in [1.165, 1.54) is 12.3 Å². The van der Waals surface area contributed by atoms with E-state index < -0.39 is 5.91 Å². The molecule has 3 heterocycles. The van der Waals surface area contributed by atoms with Crippen molar-refractivity contribution in [1.29, 1.82) is 0 Å². The van der Waals surface area contributed by atoms with Gasteiger partial charge in [0.2, 0.25) is 5.91 Å². The van der Waals surface area contributed by atoms with Crippen molar-refractivity contribution in [2.45, 2.75) is 18.9 Å². The van der Waals surface area contributed by atoms with Crippen molar-refractivity contribution in [1.82, 2.24) is 25.3 Å². The second-order valence-electron chi connectivity index (χ2n) is 7.56.